The lowest BCUT2D eigenvalue weighted by atomic mass is 10.1. The zero-order chi connectivity index (χ0) is 21.0. The van der Waals surface area contributed by atoms with Crippen molar-refractivity contribution in [3.05, 3.63) is 83.7 Å². The molecule has 0 aliphatic carbocycles. The van der Waals surface area contributed by atoms with Crippen molar-refractivity contribution in [1.29, 1.82) is 0 Å². The fourth-order valence-electron chi connectivity index (χ4n) is 2.75. The van der Waals surface area contributed by atoms with E-state index in [4.69, 9.17) is 5.11 Å². The predicted molar refractivity (Wildman–Crippen MR) is 102 cm³/mol. The highest BCUT2D eigenvalue weighted by atomic mass is 19.1. The lowest BCUT2D eigenvalue weighted by Gasteiger charge is -2.03. The SMILES string of the molecule is COC(=O)c1ccnc2c(F)cccc12.O=C(O)c1ccnc2c(F)cccc12. The number of nitrogens with zero attached hydrogens (tertiary/aromatic N) is 2. The van der Waals surface area contributed by atoms with E-state index in [1.54, 1.807) is 6.07 Å². The quantitative estimate of drug-likeness (QED) is 0.510. The Hall–Kier alpha value is -3.94. The van der Waals surface area contributed by atoms with Gasteiger partial charge in [0.2, 0.25) is 0 Å². The smallest absolute Gasteiger partial charge is 0.338 e. The van der Waals surface area contributed by atoms with Gasteiger partial charge in [0.05, 0.1) is 18.2 Å². The molecule has 0 atom stereocenters. The van der Waals surface area contributed by atoms with Crippen molar-refractivity contribution in [1.82, 2.24) is 9.97 Å². The standard InChI is InChI=1S/C11H8FNO2.C10H6FNO2/c1-15-11(14)8-5-6-13-10-7(8)3-2-4-9(10)12;11-8-3-1-2-6-7(10(13)14)4-5-12-9(6)8/h2-6H,1H3;1-5H,(H,13,14). The number of rotatable bonds is 2. The molecular weight excluding hydrogens is 382 g/mol. The fraction of sp³-hybridized carbons (Fsp3) is 0.0476. The minimum atomic E-state index is -1.08. The van der Waals surface area contributed by atoms with E-state index in [1.807, 2.05) is 0 Å². The summed E-state index contributed by atoms with van der Waals surface area (Å²) in [6.07, 6.45) is 2.67. The second kappa shape index (κ2) is 8.39. The number of halogens is 2. The average molecular weight is 396 g/mol. The second-order valence-electron chi connectivity index (χ2n) is 5.79. The van der Waals surface area contributed by atoms with Crippen LogP contribution < -0.4 is 0 Å². The molecule has 0 amide bonds. The van der Waals surface area contributed by atoms with Gasteiger partial charge in [-0.15, -0.1) is 0 Å². The average Bonchev–Trinajstić information content (AvgIpc) is 2.73. The lowest BCUT2D eigenvalue weighted by Crippen LogP contribution is -2.02. The molecule has 2 aromatic carbocycles. The number of esters is 1. The summed E-state index contributed by atoms with van der Waals surface area (Å²) in [4.78, 5) is 29.8. The number of aromatic carboxylic acids is 1. The first kappa shape index (κ1) is 19.8. The molecular formula is C21H14F2N2O4. The van der Waals surface area contributed by atoms with E-state index in [9.17, 15) is 18.4 Å². The van der Waals surface area contributed by atoms with Gasteiger partial charge in [-0.05, 0) is 24.3 Å². The van der Waals surface area contributed by atoms with Gasteiger partial charge in [0, 0.05) is 23.2 Å². The number of ether oxygens (including phenoxy) is 1. The van der Waals surface area contributed by atoms with E-state index in [-0.39, 0.29) is 16.6 Å². The molecule has 2 aromatic heterocycles. The number of carbonyl (C=O) groups is 2. The number of para-hydroxylation sites is 2. The van der Waals surface area contributed by atoms with Crippen molar-refractivity contribution in [3.8, 4) is 0 Å². The molecule has 29 heavy (non-hydrogen) atoms. The van der Waals surface area contributed by atoms with Gasteiger partial charge in [-0.3, -0.25) is 9.97 Å². The summed E-state index contributed by atoms with van der Waals surface area (Å²) < 4.78 is 31.1. The summed E-state index contributed by atoms with van der Waals surface area (Å²) in [5, 5.41) is 9.61. The van der Waals surface area contributed by atoms with Gasteiger partial charge in [-0.2, -0.15) is 0 Å². The first-order chi connectivity index (χ1) is 13.9. The Labute approximate surface area is 163 Å². The number of pyridine rings is 2. The third kappa shape index (κ3) is 4.01. The van der Waals surface area contributed by atoms with Crippen LogP contribution in [0.3, 0.4) is 0 Å². The maximum absolute atomic E-state index is 13.3. The number of fused-ring (bicyclic) bond motifs is 2. The molecule has 2 heterocycles. The van der Waals surface area contributed by atoms with Crippen LogP contribution in [0.2, 0.25) is 0 Å². The number of aromatic nitrogens is 2. The summed E-state index contributed by atoms with van der Waals surface area (Å²) >= 11 is 0. The third-order valence-corrected chi connectivity index (χ3v) is 4.08. The van der Waals surface area contributed by atoms with Crippen molar-refractivity contribution >= 4 is 33.7 Å². The fourth-order valence-corrected chi connectivity index (χ4v) is 2.75. The molecule has 8 heteroatoms. The summed E-state index contributed by atoms with van der Waals surface area (Å²) in [5.41, 5.74) is 0.657. The van der Waals surface area contributed by atoms with Gasteiger partial charge in [0.1, 0.15) is 22.7 Å². The van der Waals surface area contributed by atoms with Crippen LogP contribution >= 0.6 is 0 Å². The number of benzene rings is 2. The lowest BCUT2D eigenvalue weighted by molar-refractivity contribution is 0.0602. The minimum Gasteiger partial charge on any atom is -0.478 e. The van der Waals surface area contributed by atoms with E-state index in [0.717, 1.165) is 0 Å². The molecule has 0 spiro atoms. The van der Waals surface area contributed by atoms with Crippen LogP contribution in [0.1, 0.15) is 20.7 Å². The molecule has 6 nitrogen and oxygen atoms in total. The number of hydrogen-bond acceptors (Lipinski definition) is 5. The molecule has 0 bridgehead atoms. The number of carboxylic acids is 1. The third-order valence-electron chi connectivity index (χ3n) is 4.08. The highest BCUT2D eigenvalue weighted by Crippen LogP contribution is 2.20. The summed E-state index contributed by atoms with van der Waals surface area (Å²) in [6, 6.07) is 11.6. The second-order valence-corrected chi connectivity index (χ2v) is 5.79. The Morgan fingerprint density at radius 2 is 1.31 bits per heavy atom. The monoisotopic (exact) mass is 396 g/mol. The van der Waals surface area contributed by atoms with Crippen molar-refractivity contribution in [3.63, 3.8) is 0 Å². The Morgan fingerprint density at radius 3 is 1.79 bits per heavy atom. The number of carboxylic acid groups (broad SMARTS) is 1. The van der Waals surface area contributed by atoms with Gasteiger partial charge in [0.25, 0.3) is 0 Å². The summed E-state index contributed by atoms with van der Waals surface area (Å²) in [5.74, 6) is -2.53. The van der Waals surface area contributed by atoms with Gasteiger partial charge in [-0.25, -0.2) is 18.4 Å². The van der Waals surface area contributed by atoms with Crippen LogP contribution in [-0.2, 0) is 4.74 Å². The van der Waals surface area contributed by atoms with Crippen molar-refractivity contribution in [2.75, 3.05) is 7.11 Å². The largest absolute Gasteiger partial charge is 0.478 e. The minimum absolute atomic E-state index is 0.0644. The molecule has 0 unspecified atom stereocenters. The Bertz CT molecular complexity index is 1230. The first-order valence-corrected chi connectivity index (χ1v) is 8.32. The van der Waals surface area contributed by atoms with Crippen LogP contribution in [0.25, 0.3) is 21.8 Å². The molecule has 1 N–H and O–H groups in total. The van der Waals surface area contributed by atoms with Crippen LogP contribution in [0.4, 0.5) is 8.78 Å². The van der Waals surface area contributed by atoms with Crippen LogP contribution in [0, 0.1) is 11.6 Å². The van der Waals surface area contributed by atoms with Crippen LogP contribution in [0.5, 0.6) is 0 Å². The molecule has 146 valence electrons. The molecule has 0 radical (unpaired) electrons. The first-order valence-electron chi connectivity index (χ1n) is 8.32. The van der Waals surface area contributed by atoms with E-state index < -0.39 is 23.6 Å². The molecule has 0 aliphatic rings. The molecule has 0 aliphatic heterocycles. The molecule has 4 aromatic rings. The number of methoxy groups -OCH3 is 1. The maximum Gasteiger partial charge on any atom is 0.338 e. The van der Waals surface area contributed by atoms with Gasteiger partial charge >= 0.3 is 11.9 Å². The van der Waals surface area contributed by atoms with E-state index >= 15 is 0 Å². The predicted octanol–water partition coefficient (Wildman–Crippen LogP) is 4.23. The van der Waals surface area contributed by atoms with Crippen LogP contribution in [-0.4, -0.2) is 34.1 Å². The summed E-state index contributed by atoms with van der Waals surface area (Å²) in [7, 11) is 1.29. The molecule has 0 saturated carbocycles. The van der Waals surface area contributed by atoms with Gasteiger partial charge in [0.15, 0.2) is 0 Å². The van der Waals surface area contributed by atoms with Crippen molar-refractivity contribution < 1.29 is 28.2 Å². The topological polar surface area (TPSA) is 89.4 Å². The Balaban J connectivity index is 0.000000166. The highest BCUT2D eigenvalue weighted by molar-refractivity contribution is 6.03. The van der Waals surface area contributed by atoms with E-state index in [1.165, 1.54) is 62.0 Å². The number of hydrogen-bond donors (Lipinski definition) is 1. The number of carbonyl (C=O) groups excluding carboxylic acids is 1. The van der Waals surface area contributed by atoms with Gasteiger partial charge < -0.3 is 9.84 Å². The normalized spacial score (nSPS) is 10.3. The Kier molecular flexibility index (Phi) is 5.73. The van der Waals surface area contributed by atoms with E-state index in [2.05, 4.69) is 14.7 Å². The maximum atomic E-state index is 13.3. The van der Waals surface area contributed by atoms with Crippen LogP contribution in [0.15, 0.2) is 60.9 Å². The van der Waals surface area contributed by atoms with Crippen molar-refractivity contribution in [2.24, 2.45) is 0 Å². The van der Waals surface area contributed by atoms with E-state index in [0.29, 0.717) is 16.3 Å². The molecule has 0 saturated heterocycles. The Morgan fingerprint density at radius 1 is 0.828 bits per heavy atom. The molecule has 0 fully saturated rings. The van der Waals surface area contributed by atoms with Crippen molar-refractivity contribution in [2.45, 2.75) is 0 Å². The molecule has 4 rings (SSSR count). The highest BCUT2D eigenvalue weighted by Gasteiger charge is 2.12. The van der Waals surface area contributed by atoms with Gasteiger partial charge in [-0.1, -0.05) is 24.3 Å². The zero-order valence-corrected chi connectivity index (χ0v) is 15.1. The summed E-state index contributed by atoms with van der Waals surface area (Å²) in [6.45, 7) is 0. The zero-order valence-electron chi connectivity index (χ0n) is 15.1.